The van der Waals surface area contributed by atoms with Gasteiger partial charge in [0.05, 0.1) is 0 Å². The maximum atomic E-state index is 8.39. The lowest BCUT2D eigenvalue weighted by Gasteiger charge is -2.32. The maximum Gasteiger partial charge on any atom is 0.139 e. The van der Waals surface area contributed by atoms with Crippen LogP contribution >= 0.6 is 0 Å². The molecule has 0 radical (unpaired) electrons. The molecule has 1 aliphatic carbocycles. The first-order valence-electron chi connectivity index (χ1n) is 6.33. The Morgan fingerprint density at radius 1 is 1.38 bits per heavy atom. The molecule has 4 N–H and O–H groups in total. The summed E-state index contributed by atoms with van der Waals surface area (Å²) in [5.74, 6) is 2.03. The highest BCUT2D eigenvalue weighted by Gasteiger charge is 2.23. The molecule has 4 heteroatoms. The lowest BCUT2D eigenvalue weighted by atomic mass is 9.79. The van der Waals surface area contributed by atoms with E-state index in [1.54, 1.807) is 0 Å². The van der Waals surface area contributed by atoms with Gasteiger partial charge in [-0.05, 0) is 44.1 Å². The third-order valence-corrected chi connectivity index (χ3v) is 3.77. The number of amidine groups is 1. The quantitative estimate of drug-likeness (QED) is 0.221. The molecule has 0 saturated heterocycles. The minimum Gasteiger partial charge on any atom is -0.409 e. The molecule has 0 spiro atoms. The molecule has 3 unspecified atom stereocenters. The van der Waals surface area contributed by atoms with Crippen molar-refractivity contribution in [3.8, 4) is 0 Å². The van der Waals surface area contributed by atoms with Crippen molar-refractivity contribution in [1.29, 1.82) is 0 Å². The van der Waals surface area contributed by atoms with Crippen molar-refractivity contribution < 1.29 is 5.21 Å². The Labute approximate surface area is 98.3 Å². The van der Waals surface area contributed by atoms with Gasteiger partial charge in [-0.2, -0.15) is 0 Å². The SMILES string of the molecule is CC1CCC(NCCCC(N)=NO)CC1C. The molecule has 3 atom stereocenters. The van der Waals surface area contributed by atoms with Gasteiger partial charge in [0.25, 0.3) is 0 Å². The van der Waals surface area contributed by atoms with Crippen molar-refractivity contribution >= 4 is 5.84 Å². The summed E-state index contributed by atoms with van der Waals surface area (Å²) in [6.07, 6.45) is 5.51. The maximum absolute atomic E-state index is 8.39. The van der Waals surface area contributed by atoms with Crippen LogP contribution in [0.2, 0.25) is 0 Å². The molecule has 4 nitrogen and oxygen atoms in total. The minimum atomic E-state index is 0.326. The average molecular weight is 227 g/mol. The van der Waals surface area contributed by atoms with E-state index in [0.29, 0.717) is 18.3 Å². The molecule has 1 aliphatic rings. The zero-order valence-electron chi connectivity index (χ0n) is 10.4. The third kappa shape index (κ3) is 4.39. The minimum absolute atomic E-state index is 0.326. The van der Waals surface area contributed by atoms with E-state index in [9.17, 15) is 0 Å². The van der Waals surface area contributed by atoms with Crippen molar-refractivity contribution in [2.75, 3.05) is 6.54 Å². The van der Waals surface area contributed by atoms with E-state index in [0.717, 1.165) is 24.8 Å². The van der Waals surface area contributed by atoms with Gasteiger partial charge in [-0.15, -0.1) is 0 Å². The Morgan fingerprint density at radius 3 is 2.75 bits per heavy atom. The van der Waals surface area contributed by atoms with Crippen LogP contribution in [0.4, 0.5) is 0 Å². The van der Waals surface area contributed by atoms with Gasteiger partial charge in [0.1, 0.15) is 5.84 Å². The van der Waals surface area contributed by atoms with E-state index in [2.05, 4.69) is 24.3 Å². The standard InChI is InChI=1S/C12H25N3O/c1-9-5-6-11(8-10(9)2)14-7-3-4-12(13)15-16/h9-11,14,16H,3-8H2,1-2H3,(H2,13,15). The summed E-state index contributed by atoms with van der Waals surface area (Å²) in [5.41, 5.74) is 5.40. The molecule has 0 amide bonds. The molecule has 0 aromatic heterocycles. The Hall–Kier alpha value is -0.770. The topological polar surface area (TPSA) is 70.6 Å². The molecule has 0 aromatic rings. The fraction of sp³-hybridized carbons (Fsp3) is 0.917. The molecule has 1 fully saturated rings. The number of nitrogens with zero attached hydrogens (tertiary/aromatic N) is 1. The number of hydrogen-bond donors (Lipinski definition) is 3. The van der Waals surface area contributed by atoms with Crippen molar-refractivity contribution in [2.24, 2.45) is 22.7 Å². The van der Waals surface area contributed by atoms with Gasteiger partial charge in [-0.1, -0.05) is 19.0 Å². The Balaban J connectivity index is 2.10. The van der Waals surface area contributed by atoms with Crippen LogP contribution in [0.25, 0.3) is 0 Å². The lowest BCUT2D eigenvalue weighted by molar-refractivity contribution is 0.226. The second-order valence-corrected chi connectivity index (χ2v) is 5.11. The second kappa shape index (κ2) is 6.74. The summed E-state index contributed by atoms with van der Waals surface area (Å²) in [4.78, 5) is 0. The largest absolute Gasteiger partial charge is 0.409 e. The van der Waals surface area contributed by atoms with Crippen LogP contribution in [0.1, 0.15) is 46.0 Å². The van der Waals surface area contributed by atoms with E-state index in [-0.39, 0.29) is 0 Å². The Kier molecular flexibility index (Phi) is 5.60. The fourth-order valence-electron chi connectivity index (χ4n) is 2.36. The first-order chi connectivity index (χ1) is 7.63. The first kappa shape index (κ1) is 13.3. The van der Waals surface area contributed by atoms with E-state index < -0.39 is 0 Å². The summed E-state index contributed by atoms with van der Waals surface area (Å²) in [6, 6.07) is 0.665. The van der Waals surface area contributed by atoms with Crippen LogP contribution in [0.5, 0.6) is 0 Å². The van der Waals surface area contributed by atoms with E-state index in [1.807, 2.05) is 0 Å². The summed E-state index contributed by atoms with van der Waals surface area (Å²) >= 11 is 0. The predicted octanol–water partition coefficient (Wildman–Crippen LogP) is 1.93. The summed E-state index contributed by atoms with van der Waals surface area (Å²) in [6.45, 7) is 5.65. The fourth-order valence-corrected chi connectivity index (χ4v) is 2.36. The molecule has 0 aliphatic heterocycles. The smallest absolute Gasteiger partial charge is 0.139 e. The monoisotopic (exact) mass is 227 g/mol. The van der Waals surface area contributed by atoms with Crippen molar-refractivity contribution in [2.45, 2.75) is 52.0 Å². The third-order valence-electron chi connectivity index (χ3n) is 3.77. The highest BCUT2D eigenvalue weighted by atomic mass is 16.4. The van der Waals surface area contributed by atoms with Crippen LogP contribution in [0, 0.1) is 11.8 Å². The summed E-state index contributed by atoms with van der Waals surface area (Å²) in [7, 11) is 0. The molecular weight excluding hydrogens is 202 g/mol. The number of nitrogens with two attached hydrogens (primary N) is 1. The summed E-state index contributed by atoms with van der Waals surface area (Å²) < 4.78 is 0. The van der Waals surface area contributed by atoms with Gasteiger partial charge in [0.15, 0.2) is 0 Å². The molecule has 0 aromatic carbocycles. The van der Waals surface area contributed by atoms with Crippen molar-refractivity contribution in [3.63, 3.8) is 0 Å². The molecule has 0 heterocycles. The molecule has 16 heavy (non-hydrogen) atoms. The van der Waals surface area contributed by atoms with E-state index in [1.165, 1.54) is 19.3 Å². The zero-order chi connectivity index (χ0) is 12.0. The van der Waals surface area contributed by atoms with Gasteiger partial charge in [-0.3, -0.25) is 0 Å². The predicted molar refractivity (Wildman–Crippen MR) is 66.6 cm³/mol. The summed E-state index contributed by atoms with van der Waals surface area (Å²) in [5, 5.41) is 14.9. The van der Waals surface area contributed by atoms with Gasteiger partial charge in [-0.25, -0.2) is 0 Å². The number of rotatable bonds is 5. The first-order valence-corrected chi connectivity index (χ1v) is 6.33. The second-order valence-electron chi connectivity index (χ2n) is 5.11. The van der Waals surface area contributed by atoms with Gasteiger partial charge < -0.3 is 16.3 Å². The number of oxime groups is 1. The van der Waals surface area contributed by atoms with Crippen molar-refractivity contribution in [3.05, 3.63) is 0 Å². The van der Waals surface area contributed by atoms with E-state index in [4.69, 9.17) is 10.9 Å². The number of hydrogen-bond acceptors (Lipinski definition) is 3. The van der Waals surface area contributed by atoms with Crippen LogP contribution in [-0.4, -0.2) is 23.6 Å². The van der Waals surface area contributed by atoms with Crippen LogP contribution < -0.4 is 11.1 Å². The zero-order valence-corrected chi connectivity index (χ0v) is 10.4. The van der Waals surface area contributed by atoms with Gasteiger partial charge >= 0.3 is 0 Å². The normalized spacial score (nSPS) is 31.6. The van der Waals surface area contributed by atoms with Gasteiger partial charge in [0, 0.05) is 12.5 Å². The molecule has 94 valence electrons. The Bertz CT molecular complexity index is 230. The van der Waals surface area contributed by atoms with Gasteiger partial charge in [0.2, 0.25) is 0 Å². The van der Waals surface area contributed by atoms with E-state index >= 15 is 0 Å². The van der Waals surface area contributed by atoms with Crippen LogP contribution in [0.15, 0.2) is 5.16 Å². The van der Waals surface area contributed by atoms with Crippen molar-refractivity contribution in [1.82, 2.24) is 5.32 Å². The molecule has 1 rings (SSSR count). The Morgan fingerprint density at radius 2 is 2.12 bits per heavy atom. The van der Waals surface area contributed by atoms with Crippen LogP contribution in [0.3, 0.4) is 0 Å². The number of nitrogens with one attached hydrogen (secondary N) is 1. The molecule has 1 saturated carbocycles. The lowest BCUT2D eigenvalue weighted by Crippen LogP contribution is -2.36. The highest BCUT2D eigenvalue weighted by molar-refractivity contribution is 5.79. The molecule has 0 bridgehead atoms. The van der Waals surface area contributed by atoms with Crippen LogP contribution in [-0.2, 0) is 0 Å². The highest BCUT2D eigenvalue weighted by Crippen LogP contribution is 2.29. The average Bonchev–Trinajstić information content (AvgIpc) is 2.28. The molecular formula is C12H25N3O.